The number of rotatable bonds is 5. The van der Waals surface area contributed by atoms with E-state index in [1.54, 1.807) is 0 Å². The average Bonchev–Trinajstić information content (AvgIpc) is 2.73. The van der Waals surface area contributed by atoms with Crippen molar-refractivity contribution in [2.24, 2.45) is 0 Å². The van der Waals surface area contributed by atoms with E-state index in [1.165, 1.54) is 23.7 Å². The number of anilines is 1. The second kappa shape index (κ2) is 6.40. The van der Waals surface area contributed by atoms with Gasteiger partial charge in [-0.05, 0) is 6.26 Å². The lowest BCUT2D eigenvalue weighted by atomic mass is 10.4. The lowest BCUT2D eigenvalue weighted by Gasteiger charge is -2.15. The number of aromatic nitrogens is 2. The third-order valence-electron chi connectivity index (χ3n) is 1.81. The summed E-state index contributed by atoms with van der Waals surface area (Å²) >= 11 is 2.47. The summed E-state index contributed by atoms with van der Waals surface area (Å²) in [6.07, 6.45) is 1.75. The van der Waals surface area contributed by atoms with Gasteiger partial charge in [-0.25, -0.2) is 4.79 Å². The minimum absolute atomic E-state index is 0.0872. The summed E-state index contributed by atoms with van der Waals surface area (Å²) < 4.78 is 3.99. The molecule has 1 aromatic rings. The molecule has 0 spiro atoms. The molecule has 1 aromatic heterocycles. The number of carboxylic acids is 1. The largest absolute Gasteiger partial charge is 0.481 e. The Labute approximate surface area is 106 Å². The predicted molar refractivity (Wildman–Crippen MR) is 65.6 cm³/mol. The Morgan fingerprint density at radius 3 is 2.82 bits per heavy atom. The maximum absolute atomic E-state index is 11.6. The SMILES string of the molecule is CSc1nsc(NC(=O)N(C)CCC(=O)O)n1. The highest BCUT2D eigenvalue weighted by Gasteiger charge is 2.12. The van der Waals surface area contributed by atoms with Crippen molar-refractivity contribution in [3.05, 3.63) is 0 Å². The van der Waals surface area contributed by atoms with Gasteiger partial charge in [-0.15, -0.1) is 0 Å². The molecule has 0 bridgehead atoms. The molecule has 0 atom stereocenters. The molecule has 0 aliphatic rings. The molecule has 9 heteroatoms. The first kappa shape index (κ1) is 13.7. The van der Waals surface area contributed by atoms with Gasteiger partial charge in [-0.3, -0.25) is 10.1 Å². The van der Waals surface area contributed by atoms with E-state index in [1.807, 2.05) is 6.26 Å². The molecule has 0 aromatic carbocycles. The van der Waals surface area contributed by atoms with Crippen molar-refractivity contribution in [3.8, 4) is 0 Å². The Morgan fingerprint density at radius 1 is 1.59 bits per heavy atom. The maximum atomic E-state index is 11.6. The second-order valence-corrected chi connectivity index (χ2v) is 4.61. The fourth-order valence-corrected chi connectivity index (χ4v) is 2.01. The quantitative estimate of drug-likeness (QED) is 0.784. The van der Waals surface area contributed by atoms with Gasteiger partial charge in [0, 0.05) is 25.1 Å². The number of amides is 2. The first-order chi connectivity index (χ1) is 8.02. The van der Waals surface area contributed by atoms with Crippen LogP contribution in [0.3, 0.4) is 0 Å². The molecule has 7 nitrogen and oxygen atoms in total. The van der Waals surface area contributed by atoms with E-state index in [0.717, 1.165) is 11.5 Å². The molecule has 17 heavy (non-hydrogen) atoms. The third kappa shape index (κ3) is 4.57. The van der Waals surface area contributed by atoms with E-state index < -0.39 is 12.0 Å². The number of aliphatic carboxylic acids is 1. The molecule has 1 rings (SSSR count). The predicted octanol–water partition coefficient (Wildman–Crippen LogP) is 1.20. The highest BCUT2D eigenvalue weighted by Crippen LogP contribution is 2.17. The molecule has 1 heterocycles. The molecular formula is C8H12N4O3S2. The Morgan fingerprint density at radius 2 is 2.29 bits per heavy atom. The molecular weight excluding hydrogens is 264 g/mol. The summed E-state index contributed by atoms with van der Waals surface area (Å²) in [6, 6.07) is -0.393. The molecule has 2 amide bonds. The number of carbonyl (C=O) groups excluding carboxylic acids is 1. The van der Waals surface area contributed by atoms with Crippen LogP contribution in [0.15, 0.2) is 5.16 Å². The van der Waals surface area contributed by atoms with Crippen LogP contribution >= 0.6 is 23.3 Å². The number of hydrogen-bond donors (Lipinski definition) is 2. The van der Waals surface area contributed by atoms with Crippen LogP contribution < -0.4 is 5.32 Å². The zero-order valence-electron chi connectivity index (χ0n) is 9.34. The molecule has 0 saturated heterocycles. The summed E-state index contributed by atoms with van der Waals surface area (Å²) in [5, 5.41) is 12.0. The summed E-state index contributed by atoms with van der Waals surface area (Å²) in [5.41, 5.74) is 0. The highest BCUT2D eigenvalue weighted by atomic mass is 32.2. The maximum Gasteiger partial charge on any atom is 0.323 e. The second-order valence-electron chi connectivity index (χ2n) is 3.08. The minimum atomic E-state index is -0.940. The third-order valence-corrected chi connectivity index (χ3v) is 3.11. The molecule has 0 radical (unpaired) electrons. The standard InChI is InChI=1S/C8H12N4O3S2/c1-12(4-3-5(13)14)8(15)10-6-9-7(16-2)11-17-6/h3-4H2,1-2H3,(H,13,14)(H,9,10,11,15). The van der Waals surface area contributed by atoms with Gasteiger partial charge >= 0.3 is 12.0 Å². The van der Waals surface area contributed by atoms with Crippen LogP contribution in [0.4, 0.5) is 9.93 Å². The van der Waals surface area contributed by atoms with E-state index in [9.17, 15) is 9.59 Å². The van der Waals surface area contributed by atoms with Crippen molar-refractivity contribution >= 4 is 40.4 Å². The minimum Gasteiger partial charge on any atom is -0.481 e. The van der Waals surface area contributed by atoms with E-state index in [0.29, 0.717) is 10.3 Å². The van der Waals surface area contributed by atoms with Gasteiger partial charge in [0.1, 0.15) is 0 Å². The molecule has 0 aliphatic heterocycles. The van der Waals surface area contributed by atoms with Gasteiger partial charge in [0.15, 0.2) is 0 Å². The van der Waals surface area contributed by atoms with Gasteiger partial charge < -0.3 is 10.0 Å². The summed E-state index contributed by atoms with van der Waals surface area (Å²) in [5.74, 6) is -0.940. The zero-order valence-corrected chi connectivity index (χ0v) is 11.0. The molecule has 2 N–H and O–H groups in total. The van der Waals surface area contributed by atoms with Gasteiger partial charge in [-0.2, -0.15) is 9.36 Å². The molecule has 94 valence electrons. The van der Waals surface area contributed by atoms with Crippen molar-refractivity contribution < 1.29 is 14.7 Å². The van der Waals surface area contributed by atoms with Crippen LogP contribution in [0.25, 0.3) is 0 Å². The number of nitrogens with zero attached hydrogens (tertiary/aromatic N) is 3. The number of carbonyl (C=O) groups is 2. The zero-order chi connectivity index (χ0) is 12.8. The first-order valence-electron chi connectivity index (χ1n) is 4.64. The van der Waals surface area contributed by atoms with E-state index in [4.69, 9.17) is 5.11 Å². The van der Waals surface area contributed by atoms with Gasteiger partial charge in [-0.1, -0.05) is 11.8 Å². The highest BCUT2D eigenvalue weighted by molar-refractivity contribution is 7.98. The van der Waals surface area contributed by atoms with Crippen LogP contribution in [0.5, 0.6) is 0 Å². The first-order valence-corrected chi connectivity index (χ1v) is 6.64. The van der Waals surface area contributed by atoms with Crippen molar-refractivity contribution in [3.63, 3.8) is 0 Å². The van der Waals surface area contributed by atoms with Crippen molar-refractivity contribution in [1.29, 1.82) is 0 Å². The fourth-order valence-electron chi connectivity index (χ4n) is 0.895. The van der Waals surface area contributed by atoms with Crippen LogP contribution in [-0.4, -0.2) is 51.2 Å². The molecule has 0 fully saturated rings. The number of thioether (sulfide) groups is 1. The fraction of sp³-hybridized carbons (Fsp3) is 0.500. The number of hydrogen-bond acceptors (Lipinski definition) is 6. The lowest BCUT2D eigenvalue weighted by molar-refractivity contribution is -0.137. The molecule has 0 aliphatic carbocycles. The van der Waals surface area contributed by atoms with Crippen LogP contribution in [-0.2, 0) is 4.79 Å². The Balaban J connectivity index is 2.45. The van der Waals surface area contributed by atoms with Gasteiger partial charge in [0.2, 0.25) is 10.3 Å². The normalized spacial score (nSPS) is 10.0. The Bertz CT molecular complexity index is 409. The van der Waals surface area contributed by atoms with E-state index in [-0.39, 0.29) is 13.0 Å². The number of urea groups is 1. The summed E-state index contributed by atoms with van der Waals surface area (Å²) in [4.78, 5) is 27.2. The Kier molecular flexibility index (Phi) is 5.16. The monoisotopic (exact) mass is 276 g/mol. The number of carboxylic acid groups (broad SMARTS) is 1. The smallest absolute Gasteiger partial charge is 0.323 e. The average molecular weight is 276 g/mol. The molecule has 0 unspecified atom stereocenters. The van der Waals surface area contributed by atoms with E-state index >= 15 is 0 Å². The van der Waals surface area contributed by atoms with Gasteiger partial charge in [0.25, 0.3) is 0 Å². The van der Waals surface area contributed by atoms with Crippen LogP contribution in [0.1, 0.15) is 6.42 Å². The Hall–Kier alpha value is -1.35. The number of nitrogens with one attached hydrogen (secondary N) is 1. The van der Waals surface area contributed by atoms with Crippen LogP contribution in [0, 0.1) is 0 Å². The van der Waals surface area contributed by atoms with Crippen LogP contribution in [0.2, 0.25) is 0 Å². The molecule has 0 saturated carbocycles. The summed E-state index contributed by atoms with van der Waals surface area (Å²) in [6.45, 7) is 0.148. The van der Waals surface area contributed by atoms with Crippen molar-refractivity contribution in [2.45, 2.75) is 11.6 Å². The topological polar surface area (TPSA) is 95.4 Å². The van der Waals surface area contributed by atoms with Crippen molar-refractivity contribution in [1.82, 2.24) is 14.3 Å². The van der Waals surface area contributed by atoms with Gasteiger partial charge in [0.05, 0.1) is 6.42 Å². The van der Waals surface area contributed by atoms with E-state index in [2.05, 4.69) is 14.7 Å². The summed E-state index contributed by atoms with van der Waals surface area (Å²) in [7, 11) is 1.52. The lowest BCUT2D eigenvalue weighted by Crippen LogP contribution is -2.33. The van der Waals surface area contributed by atoms with Crippen molar-refractivity contribution in [2.75, 3.05) is 25.2 Å².